The highest BCUT2D eigenvalue weighted by atomic mass is 32.1. The Labute approximate surface area is 112 Å². The third-order valence-corrected chi connectivity index (χ3v) is 3.01. The Morgan fingerprint density at radius 3 is 2.89 bits per heavy atom. The quantitative estimate of drug-likeness (QED) is 0.771. The summed E-state index contributed by atoms with van der Waals surface area (Å²) in [7, 11) is 0. The SMILES string of the molecule is CC(C)(C)OC(=O)N1CCC[C@H]1c1ncc(S)[nH]1. The molecule has 6 heteroatoms. The number of H-pyrrole nitrogens is 1. The van der Waals surface area contributed by atoms with Crippen LogP contribution in [-0.4, -0.2) is 33.1 Å². The number of nitrogens with zero attached hydrogens (tertiary/aromatic N) is 2. The fraction of sp³-hybridized carbons (Fsp3) is 0.667. The maximum Gasteiger partial charge on any atom is 0.410 e. The Morgan fingerprint density at radius 2 is 2.33 bits per heavy atom. The van der Waals surface area contributed by atoms with E-state index in [1.807, 2.05) is 20.8 Å². The number of rotatable bonds is 1. The predicted molar refractivity (Wildman–Crippen MR) is 70.8 cm³/mol. The standard InChI is InChI=1S/C12H19N3O2S/c1-12(2,3)17-11(16)15-6-4-5-8(15)10-13-7-9(18)14-10/h7-8,18H,4-6H2,1-3H3,(H,13,14)/t8-/m0/s1. The molecule has 0 aromatic carbocycles. The van der Waals surface area contributed by atoms with Crippen LogP contribution in [0.2, 0.25) is 0 Å². The molecular formula is C12H19N3O2S. The minimum Gasteiger partial charge on any atom is -0.444 e. The largest absolute Gasteiger partial charge is 0.444 e. The molecule has 1 saturated heterocycles. The maximum atomic E-state index is 12.1. The van der Waals surface area contributed by atoms with Crippen molar-refractivity contribution < 1.29 is 9.53 Å². The first-order valence-corrected chi connectivity index (χ1v) is 6.55. The molecule has 0 aliphatic carbocycles. The normalized spacial score (nSPS) is 20.2. The van der Waals surface area contributed by atoms with E-state index in [0.29, 0.717) is 11.6 Å². The predicted octanol–water partition coefficient (Wildman–Crippen LogP) is 2.77. The second kappa shape index (κ2) is 4.84. The van der Waals surface area contributed by atoms with Gasteiger partial charge in [0.15, 0.2) is 0 Å². The second-order valence-electron chi connectivity index (χ2n) is 5.49. The first-order valence-electron chi connectivity index (χ1n) is 6.10. The second-order valence-corrected chi connectivity index (χ2v) is 5.97. The molecule has 0 saturated carbocycles. The molecule has 1 N–H and O–H groups in total. The minimum absolute atomic E-state index is 0.0271. The number of amides is 1. The van der Waals surface area contributed by atoms with Gasteiger partial charge >= 0.3 is 6.09 Å². The zero-order chi connectivity index (χ0) is 13.3. The highest BCUT2D eigenvalue weighted by molar-refractivity contribution is 7.80. The molecular weight excluding hydrogens is 250 g/mol. The Kier molecular flexibility index (Phi) is 3.56. The van der Waals surface area contributed by atoms with Crippen molar-refractivity contribution in [2.24, 2.45) is 0 Å². The summed E-state index contributed by atoms with van der Waals surface area (Å²) in [5.41, 5.74) is -0.470. The number of carbonyl (C=O) groups is 1. The van der Waals surface area contributed by atoms with E-state index in [1.54, 1.807) is 11.1 Å². The van der Waals surface area contributed by atoms with Crippen molar-refractivity contribution >= 4 is 18.7 Å². The van der Waals surface area contributed by atoms with Crippen LogP contribution in [0.15, 0.2) is 11.2 Å². The average Bonchev–Trinajstić information content (AvgIpc) is 2.81. The molecule has 1 aliphatic heterocycles. The van der Waals surface area contributed by atoms with Crippen LogP contribution in [0.5, 0.6) is 0 Å². The van der Waals surface area contributed by atoms with E-state index in [2.05, 4.69) is 22.6 Å². The number of aromatic amines is 1. The van der Waals surface area contributed by atoms with E-state index in [0.717, 1.165) is 18.7 Å². The van der Waals surface area contributed by atoms with Gasteiger partial charge in [-0.3, -0.25) is 4.90 Å². The molecule has 0 spiro atoms. The van der Waals surface area contributed by atoms with Gasteiger partial charge in [-0.15, -0.1) is 12.6 Å². The van der Waals surface area contributed by atoms with E-state index < -0.39 is 5.60 Å². The molecule has 0 bridgehead atoms. The summed E-state index contributed by atoms with van der Waals surface area (Å²) in [5, 5.41) is 0.709. The first-order chi connectivity index (χ1) is 8.37. The van der Waals surface area contributed by atoms with E-state index in [-0.39, 0.29) is 12.1 Å². The topological polar surface area (TPSA) is 58.2 Å². The number of ether oxygens (including phenoxy) is 1. The number of carbonyl (C=O) groups excluding carboxylic acids is 1. The summed E-state index contributed by atoms with van der Waals surface area (Å²) in [6, 6.07) is -0.0271. The van der Waals surface area contributed by atoms with Crippen LogP contribution in [0.3, 0.4) is 0 Å². The Bertz CT molecular complexity index is 439. The summed E-state index contributed by atoms with van der Waals surface area (Å²) in [4.78, 5) is 21.1. The fourth-order valence-electron chi connectivity index (χ4n) is 2.09. The van der Waals surface area contributed by atoms with Crippen LogP contribution >= 0.6 is 12.6 Å². The average molecular weight is 269 g/mol. The van der Waals surface area contributed by atoms with Gasteiger partial charge in [-0.1, -0.05) is 0 Å². The Morgan fingerprint density at radius 1 is 1.61 bits per heavy atom. The van der Waals surface area contributed by atoms with Crippen molar-refractivity contribution in [2.45, 2.75) is 50.3 Å². The number of nitrogens with one attached hydrogen (secondary N) is 1. The van der Waals surface area contributed by atoms with Crippen LogP contribution < -0.4 is 0 Å². The molecule has 1 atom stereocenters. The van der Waals surface area contributed by atoms with E-state index in [1.165, 1.54) is 0 Å². The van der Waals surface area contributed by atoms with Gasteiger partial charge in [-0.25, -0.2) is 9.78 Å². The Hall–Kier alpha value is -1.17. The first kappa shape index (κ1) is 13.3. The third kappa shape index (κ3) is 2.98. The van der Waals surface area contributed by atoms with Gasteiger partial charge in [0.2, 0.25) is 0 Å². The van der Waals surface area contributed by atoms with Gasteiger partial charge in [0.25, 0.3) is 0 Å². The van der Waals surface area contributed by atoms with Gasteiger partial charge < -0.3 is 9.72 Å². The monoisotopic (exact) mass is 269 g/mol. The zero-order valence-corrected chi connectivity index (χ0v) is 11.8. The zero-order valence-electron chi connectivity index (χ0n) is 10.9. The van der Waals surface area contributed by atoms with E-state index in [9.17, 15) is 4.79 Å². The van der Waals surface area contributed by atoms with E-state index in [4.69, 9.17) is 4.74 Å². The molecule has 2 rings (SSSR count). The lowest BCUT2D eigenvalue weighted by Gasteiger charge is -2.27. The number of aromatic nitrogens is 2. The number of hydrogen-bond acceptors (Lipinski definition) is 4. The van der Waals surface area contributed by atoms with Crippen molar-refractivity contribution in [3.8, 4) is 0 Å². The fourth-order valence-corrected chi connectivity index (χ4v) is 2.26. The van der Waals surface area contributed by atoms with Gasteiger partial charge in [0.1, 0.15) is 11.4 Å². The highest BCUT2D eigenvalue weighted by Crippen LogP contribution is 2.31. The number of likely N-dealkylation sites (tertiary alicyclic amines) is 1. The molecule has 1 amide bonds. The molecule has 1 aromatic rings. The third-order valence-electron chi connectivity index (χ3n) is 2.78. The van der Waals surface area contributed by atoms with Crippen LogP contribution in [0.1, 0.15) is 45.5 Å². The van der Waals surface area contributed by atoms with Gasteiger partial charge in [-0.2, -0.15) is 0 Å². The molecule has 1 aromatic heterocycles. The van der Waals surface area contributed by atoms with Crippen LogP contribution in [0, 0.1) is 0 Å². The summed E-state index contributed by atoms with van der Waals surface area (Å²) in [6.45, 7) is 6.32. The van der Waals surface area contributed by atoms with Crippen molar-refractivity contribution in [3.05, 3.63) is 12.0 Å². The van der Waals surface area contributed by atoms with E-state index >= 15 is 0 Å². The summed E-state index contributed by atoms with van der Waals surface area (Å²) < 4.78 is 5.41. The Balaban J connectivity index is 2.10. The van der Waals surface area contributed by atoms with Crippen molar-refractivity contribution in [1.29, 1.82) is 0 Å². The summed E-state index contributed by atoms with van der Waals surface area (Å²) >= 11 is 4.20. The molecule has 18 heavy (non-hydrogen) atoms. The maximum absolute atomic E-state index is 12.1. The number of hydrogen-bond donors (Lipinski definition) is 2. The molecule has 100 valence electrons. The molecule has 1 aliphatic rings. The van der Waals surface area contributed by atoms with Crippen molar-refractivity contribution in [3.63, 3.8) is 0 Å². The number of thiol groups is 1. The molecule has 0 radical (unpaired) electrons. The van der Waals surface area contributed by atoms with Crippen LogP contribution in [0.25, 0.3) is 0 Å². The number of imidazole rings is 1. The molecule has 2 heterocycles. The lowest BCUT2D eigenvalue weighted by Crippen LogP contribution is -2.36. The van der Waals surface area contributed by atoms with Gasteiger partial charge in [-0.05, 0) is 33.6 Å². The smallest absolute Gasteiger partial charge is 0.410 e. The highest BCUT2D eigenvalue weighted by Gasteiger charge is 2.34. The van der Waals surface area contributed by atoms with Crippen LogP contribution in [-0.2, 0) is 4.74 Å². The van der Waals surface area contributed by atoms with Crippen LogP contribution in [0.4, 0.5) is 4.79 Å². The molecule has 1 fully saturated rings. The summed E-state index contributed by atoms with van der Waals surface area (Å²) in [5.74, 6) is 0.781. The minimum atomic E-state index is -0.470. The summed E-state index contributed by atoms with van der Waals surface area (Å²) in [6.07, 6.45) is 3.25. The lowest BCUT2D eigenvalue weighted by molar-refractivity contribution is 0.0218. The van der Waals surface area contributed by atoms with Gasteiger partial charge in [0, 0.05) is 6.54 Å². The lowest BCUT2D eigenvalue weighted by atomic mass is 10.2. The molecule has 0 unspecified atom stereocenters. The van der Waals surface area contributed by atoms with Crippen molar-refractivity contribution in [2.75, 3.05) is 6.54 Å². The van der Waals surface area contributed by atoms with Crippen molar-refractivity contribution in [1.82, 2.24) is 14.9 Å². The van der Waals surface area contributed by atoms with Gasteiger partial charge in [0.05, 0.1) is 17.3 Å². The molecule has 5 nitrogen and oxygen atoms in total.